The fraction of sp³-hybridized carbons (Fsp3) is 1.00. The van der Waals surface area contributed by atoms with E-state index in [1.54, 1.807) is 0 Å². The molecule has 0 bridgehead atoms. The van der Waals surface area contributed by atoms with Crippen molar-refractivity contribution in [3.8, 4) is 0 Å². The quantitative estimate of drug-likeness (QED) is 0.585. The fourth-order valence-electron chi connectivity index (χ4n) is 3.10. The molecule has 1 aliphatic heterocycles. The second-order valence-electron chi connectivity index (χ2n) is 4.95. The zero-order chi connectivity index (χ0) is 8.60. The van der Waals surface area contributed by atoms with E-state index in [0.717, 1.165) is 25.0 Å². The Morgan fingerprint density at radius 3 is 2.42 bits per heavy atom. The highest BCUT2D eigenvalue weighted by Gasteiger charge is 2.47. The molecule has 1 nitrogen and oxygen atoms in total. The highest BCUT2D eigenvalue weighted by atomic mass is 16.5. The van der Waals surface area contributed by atoms with E-state index in [-0.39, 0.29) is 0 Å². The Labute approximate surface area is 75.5 Å². The molecule has 0 amide bonds. The van der Waals surface area contributed by atoms with Crippen molar-refractivity contribution in [2.75, 3.05) is 13.2 Å². The van der Waals surface area contributed by atoms with Gasteiger partial charge in [-0.2, -0.15) is 0 Å². The second-order valence-corrected chi connectivity index (χ2v) is 4.95. The summed E-state index contributed by atoms with van der Waals surface area (Å²) in [5, 5.41) is 0. The van der Waals surface area contributed by atoms with E-state index in [2.05, 4.69) is 13.8 Å². The molecular weight excluding hydrogens is 148 g/mol. The van der Waals surface area contributed by atoms with Gasteiger partial charge in [-0.15, -0.1) is 0 Å². The van der Waals surface area contributed by atoms with Crippen molar-refractivity contribution < 1.29 is 4.74 Å². The van der Waals surface area contributed by atoms with Crippen LogP contribution in [0.4, 0.5) is 0 Å². The Balaban J connectivity index is 2.06. The summed E-state index contributed by atoms with van der Waals surface area (Å²) in [6.45, 7) is 6.85. The topological polar surface area (TPSA) is 9.23 Å². The average Bonchev–Trinajstić information content (AvgIpc) is 2.01. The molecule has 1 saturated carbocycles. The molecule has 1 unspecified atom stereocenters. The highest BCUT2D eigenvalue weighted by molar-refractivity contribution is 4.95. The predicted molar refractivity (Wildman–Crippen MR) is 50.0 cm³/mol. The maximum atomic E-state index is 5.40. The van der Waals surface area contributed by atoms with Gasteiger partial charge in [-0.25, -0.2) is 0 Å². The van der Waals surface area contributed by atoms with Gasteiger partial charge in [-0.3, -0.25) is 0 Å². The van der Waals surface area contributed by atoms with Crippen molar-refractivity contribution in [3.63, 3.8) is 0 Å². The second kappa shape index (κ2) is 3.02. The van der Waals surface area contributed by atoms with E-state index < -0.39 is 0 Å². The van der Waals surface area contributed by atoms with Crippen LogP contribution in [0.1, 0.15) is 39.5 Å². The molecule has 1 aliphatic carbocycles. The summed E-state index contributed by atoms with van der Waals surface area (Å²) in [6.07, 6.45) is 5.76. The van der Waals surface area contributed by atoms with Crippen LogP contribution in [0.5, 0.6) is 0 Å². The van der Waals surface area contributed by atoms with Gasteiger partial charge < -0.3 is 4.74 Å². The molecule has 0 radical (unpaired) electrons. The number of ether oxygens (including phenoxy) is 1. The number of rotatable bonds is 1. The Kier molecular flexibility index (Phi) is 2.16. The van der Waals surface area contributed by atoms with Gasteiger partial charge in [0.2, 0.25) is 0 Å². The molecule has 1 heteroatoms. The highest BCUT2D eigenvalue weighted by Crippen LogP contribution is 2.49. The van der Waals surface area contributed by atoms with E-state index in [0.29, 0.717) is 5.41 Å². The molecule has 1 atom stereocenters. The summed E-state index contributed by atoms with van der Waals surface area (Å²) in [5.74, 6) is 1.80. The molecule has 0 aromatic heterocycles. The summed E-state index contributed by atoms with van der Waals surface area (Å²) in [5.41, 5.74) is 0.617. The van der Waals surface area contributed by atoms with Gasteiger partial charge in [0.05, 0.1) is 13.2 Å². The Bertz CT molecular complexity index is 158. The molecule has 1 spiro atoms. The molecule has 0 aromatic carbocycles. The minimum Gasteiger partial charge on any atom is -0.380 e. The third-order valence-corrected chi connectivity index (χ3v) is 3.81. The van der Waals surface area contributed by atoms with Crippen LogP contribution in [0.25, 0.3) is 0 Å². The SMILES string of the molecule is CC(C)C1CCCCC12COC2. The van der Waals surface area contributed by atoms with E-state index in [4.69, 9.17) is 4.74 Å². The van der Waals surface area contributed by atoms with Crippen LogP contribution in [0.2, 0.25) is 0 Å². The van der Waals surface area contributed by atoms with Gasteiger partial charge >= 0.3 is 0 Å². The van der Waals surface area contributed by atoms with Crippen LogP contribution in [0, 0.1) is 17.3 Å². The van der Waals surface area contributed by atoms with Gasteiger partial charge in [-0.05, 0) is 24.7 Å². The van der Waals surface area contributed by atoms with Crippen LogP contribution in [0.15, 0.2) is 0 Å². The minimum absolute atomic E-state index is 0.617. The molecule has 1 saturated heterocycles. The van der Waals surface area contributed by atoms with E-state index in [1.165, 1.54) is 25.7 Å². The maximum absolute atomic E-state index is 5.40. The van der Waals surface area contributed by atoms with Gasteiger partial charge in [0.1, 0.15) is 0 Å². The van der Waals surface area contributed by atoms with E-state index in [1.807, 2.05) is 0 Å². The molecule has 70 valence electrons. The lowest BCUT2D eigenvalue weighted by molar-refractivity contribution is -0.171. The van der Waals surface area contributed by atoms with Crippen LogP contribution in [-0.4, -0.2) is 13.2 Å². The van der Waals surface area contributed by atoms with Gasteiger partial charge in [-0.1, -0.05) is 26.7 Å². The van der Waals surface area contributed by atoms with Crippen LogP contribution >= 0.6 is 0 Å². The zero-order valence-electron chi connectivity index (χ0n) is 8.31. The Morgan fingerprint density at radius 2 is 2.00 bits per heavy atom. The molecule has 2 fully saturated rings. The largest absolute Gasteiger partial charge is 0.380 e. The lowest BCUT2D eigenvalue weighted by Gasteiger charge is -2.51. The van der Waals surface area contributed by atoms with E-state index in [9.17, 15) is 0 Å². The third kappa shape index (κ3) is 1.19. The van der Waals surface area contributed by atoms with Crippen molar-refractivity contribution in [1.29, 1.82) is 0 Å². The maximum Gasteiger partial charge on any atom is 0.0547 e. The molecular formula is C11H20O. The first-order valence-electron chi connectivity index (χ1n) is 5.32. The van der Waals surface area contributed by atoms with Crippen molar-refractivity contribution in [2.24, 2.45) is 17.3 Å². The smallest absolute Gasteiger partial charge is 0.0547 e. The van der Waals surface area contributed by atoms with Crippen LogP contribution < -0.4 is 0 Å². The summed E-state index contributed by atoms with van der Waals surface area (Å²) >= 11 is 0. The van der Waals surface area contributed by atoms with Crippen LogP contribution in [0.3, 0.4) is 0 Å². The van der Waals surface area contributed by atoms with Crippen molar-refractivity contribution >= 4 is 0 Å². The summed E-state index contributed by atoms with van der Waals surface area (Å²) < 4.78 is 5.40. The molecule has 2 aliphatic rings. The zero-order valence-corrected chi connectivity index (χ0v) is 8.31. The van der Waals surface area contributed by atoms with Crippen LogP contribution in [-0.2, 0) is 4.74 Å². The van der Waals surface area contributed by atoms with Gasteiger partial charge in [0, 0.05) is 5.41 Å². The van der Waals surface area contributed by atoms with E-state index >= 15 is 0 Å². The first-order valence-corrected chi connectivity index (χ1v) is 5.32. The lowest BCUT2D eigenvalue weighted by atomic mass is 9.61. The third-order valence-electron chi connectivity index (χ3n) is 3.81. The first-order chi connectivity index (χ1) is 5.75. The predicted octanol–water partition coefficient (Wildman–Crippen LogP) is 2.85. The Hall–Kier alpha value is -0.0400. The summed E-state index contributed by atoms with van der Waals surface area (Å²) in [4.78, 5) is 0. The minimum atomic E-state index is 0.617. The number of hydrogen-bond acceptors (Lipinski definition) is 1. The monoisotopic (exact) mass is 168 g/mol. The number of hydrogen-bond donors (Lipinski definition) is 0. The van der Waals surface area contributed by atoms with Gasteiger partial charge in [0.15, 0.2) is 0 Å². The standard InChI is InChI=1S/C11H20O/c1-9(2)10-5-3-4-6-11(10)7-12-8-11/h9-10H,3-8H2,1-2H3. The fourth-order valence-corrected chi connectivity index (χ4v) is 3.10. The molecule has 0 N–H and O–H groups in total. The van der Waals surface area contributed by atoms with Gasteiger partial charge in [0.25, 0.3) is 0 Å². The first kappa shape index (κ1) is 8.55. The molecule has 2 rings (SSSR count). The average molecular weight is 168 g/mol. The summed E-state index contributed by atoms with van der Waals surface area (Å²) in [7, 11) is 0. The van der Waals surface area contributed by atoms with Crippen molar-refractivity contribution in [3.05, 3.63) is 0 Å². The molecule has 1 heterocycles. The van der Waals surface area contributed by atoms with Crippen molar-refractivity contribution in [1.82, 2.24) is 0 Å². The van der Waals surface area contributed by atoms with Crippen molar-refractivity contribution in [2.45, 2.75) is 39.5 Å². The molecule has 0 aromatic rings. The summed E-state index contributed by atoms with van der Waals surface area (Å²) in [6, 6.07) is 0. The molecule has 12 heavy (non-hydrogen) atoms. The normalized spacial score (nSPS) is 33.8. The Morgan fingerprint density at radius 1 is 1.25 bits per heavy atom. The lowest BCUT2D eigenvalue weighted by Crippen LogP contribution is -2.51.